The monoisotopic (exact) mass is 471 g/mol. The highest BCUT2D eigenvalue weighted by Gasteiger charge is 2.17. The van der Waals surface area contributed by atoms with Crippen molar-refractivity contribution in [3.05, 3.63) is 101 Å². The van der Waals surface area contributed by atoms with Crippen molar-refractivity contribution >= 4 is 30.1 Å². The Kier molecular flexibility index (Phi) is 7.17. The molecule has 35 heavy (non-hydrogen) atoms. The third-order valence-electron chi connectivity index (χ3n) is 4.95. The van der Waals surface area contributed by atoms with E-state index in [-0.39, 0.29) is 12.5 Å². The van der Waals surface area contributed by atoms with Gasteiger partial charge in [-0.15, -0.1) is 0 Å². The molecule has 3 aromatic rings. The summed E-state index contributed by atoms with van der Waals surface area (Å²) in [7, 11) is 1.30. The van der Waals surface area contributed by atoms with Crippen LogP contribution in [-0.4, -0.2) is 37.9 Å². The molecule has 0 fully saturated rings. The maximum atomic E-state index is 12.9. The van der Waals surface area contributed by atoms with Crippen LogP contribution in [0, 0.1) is 0 Å². The van der Waals surface area contributed by atoms with Crippen molar-refractivity contribution in [2.75, 3.05) is 13.9 Å². The van der Waals surface area contributed by atoms with Crippen molar-refractivity contribution in [2.24, 2.45) is 5.10 Å². The van der Waals surface area contributed by atoms with Crippen molar-refractivity contribution in [3.8, 4) is 11.5 Å². The molecule has 4 rings (SSSR count). The number of hydrogen-bond acceptors (Lipinski definition) is 7. The lowest BCUT2D eigenvalue weighted by molar-refractivity contribution is -0.117. The van der Waals surface area contributed by atoms with Crippen molar-refractivity contribution in [2.45, 2.75) is 0 Å². The molecule has 0 atom stereocenters. The van der Waals surface area contributed by atoms with Gasteiger partial charge in [-0.3, -0.25) is 9.59 Å². The molecule has 1 aliphatic heterocycles. The Hall–Kier alpha value is -4.92. The number of methoxy groups -OCH3 is 1. The van der Waals surface area contributed by atoms with E-state index >= 15 is 0 Å². The van der Waals surface area contributed by atoms with Gasteiger partial charge in [0.2, 0.25) is 6.79 Å². The molecule has 2 amide bonds. The molecule has 0 saturated carbocycles. The van der Waals surface area contributed by atoms with Crippen LogP contribution >= 0.6 is 0 Å². The molecule has 0 bridgehead atoms. The zero-order valence-electron chi connectivity index (χ0n) is 18.7. The Morgan fingerprint density at radius 3 is 2.34 bits per heavy atom. The second-order valence-electron chi connectivity index (χ2n) is 7.30. The Morgan fingerprint density at radius 2 is 1.60 bits per heavy atom. The van der Waals surface area contributed by atoms with E-state index in [2.05, 4.69) is 20.6 Å². The molecule has 1 aliphatic rings. The Balaban J connectivity index is 1.52. The summed E-state index contributed by atoms with van der Waals surface area (Å²) in [6, 6.07) is 20.2. The van der Waals surface area contributed by atoms with E-state index in [0.29, 0.717) is 33.8 Å². The average molecular weight is 471 g/mol. The van der Waals surface area contributed by atoms with Gasteiger partial charge in [0.1, 0.15) is 5.70 Å². The van der Waals surface area contributed by atoms with E-state index in [4.69, 9.17) is 9.47 Å². The number of carbonyl (C=O) groups is 3. The number of esters is 1. The van der Waals surface area contributed by atoms with E-state index < -0.39 is 17.8 Å². The molecular weight excluding hydrogens is 450 g/mol. The first-order valence-electron chi connectivity index (χ1n) is 10.5. The number of ether oxygens (including phenoxy) is 3. The second-order valence-corrected chi connectivity index (χ2v) is 7.30. The van der Waals surface area contributed by atoms with Crippen LogP contribution in [0.5, 0.6) is 11.5 Å². The molecule has 176 valence electrons. The normalized spacial score (nSPS) is 12.3. The summed E-state index contributed by atoms with van der Waals surface area (Å²) in [5, 5.41) is 6.60. The molecule has 0 radical (unpaired) electrons. The smallest absolute Gasteiger partial charge is 0.337 e. The number of hydrogen-bond donors (Lipinski definition) is 2. The average Bonchev–Trinajstić information content (AvgIpc) is 3.36. The lowest BCUT2D eigenvalue weighted by Gasteiger charge is -2.09. The summed E-state index contributed by atoms with van der Waals surface area (Å²) in [5.74, 6) is -0.385. The van der Waals surface area contributed by atoms with Gasteiger partial charge in [-0.05, 0) is 53.6 Å². The highest BCUT2D eigenvalue weighted by atomic mass is 16.7. The molecule has 0 aromatic heterocycles. The van der Waals surface area contributed by atoms with Crippen molar-refractivity contribution in [1.29, 1.82) is 0 Å². The first-order valence-corrected chi connectivity index (χ1v) is 10.5. The van der Waals surface area contributed by atoms with Gasteiger partial charge in [0.05, 0.1) is 18.9 Å². The van der Waals surface area contributed by atoms with E-state index in [0.717, 1.165) is 0 Å². The number of hydrazone groups is 1. The number of benzene rings is 3. The van der Waals surface area contributed by atoms with Gasteiger partial charge in [0.25, 0.3) is 11.8 Å². The molecule has 3 aromatic carbocycles. The quantitative estimate of drug-likeness (QED) is 0.237. The summed E-state index contributed by atoms with van der Waals surface area (Å²) in [6.07, 6.45) is 2.93. The van der Waals surface area contributed by atoms with Crippen LogP contribution in [0.3, 0.4) is 0 Å². The molecule has 0 spiro atoms. The molecular formula is C26H21N3O6. The Morgan fingerprint density at radius 1 is 0.886 bits per heavy atom. The summed E-state index contributed by atoms with van der Waals surface area (Å²) in [6.45, 7) is 0.121. The molecule has 0 aliphatic carbocycles. The van der Waals surface area contributed by atoms with Gasteiger partial charge in [-0.25, -0.2) is 10.2 Å². The van der Waals surface area contributed by atoms with Crippen LogP contribution in [-0.2, 0) is 9.53 Å². The predicted octanol–water partition coefficient (Wildman–Crippen LogP) is 3.12. The van der Waals surface area contributed by atoms with Gasteiger partial charge in [0.15, 0.2) is 11.5 Å². The van der Waals surface area contributed by atoms with Crippen molar-refractivity contribution < 1.29 is 28.6 Å². The summed E-state index contributed by atoms with van der Waals surface area (Å²) < 4.78 is 15.4. The first-order chi connectivity index (χ1) is 17.0. The van der Waals surface area contributed by atoms with E-state index in [1.54, 1.807) is 72.8 Å². The highest BCUT2D eigenvalue weighted by molar-refractivity contribution is 6.05. The van der Waals surface area contributed by atoms with Crippen LogP contribution < -0.4 is 20.2 Å². The minimum atomic E-state index is -0.630. The van der Waals surface area contributed by atoms with E-state index in [1.807, 2.05) is 0 Å². The third-order valence-corrected chi connectivity index (χ3v) is 4.95. The number of carbonyl (C=O) groups excluding carboxylic acids is 3. The summed E-state index contributed by atoms with van der Waals surface area (Å²) in [5.41, 5.74) is 4.45. The maximum absolute atomic E-state index is 12.9. The van der Waals surface area contributed by atoms with Crippen LogP contribution in [0.4, 0.5) is 0 Å². The number of nitrogens with zero attached hydrogens (tertiary/aromatic N) is 1. The van der Waals surface area contributed by atoms with Crippen LogP contribution in [0.2, 0.25) is 0 Å². The van der Waals surface area contributed by atoms with Crippen LogP contribution in [0.15, 0.2) is 83.6 Å². The fourth-order valence-corrected chi connectivity index (χ4v) is 3.16. The first kappa shape index (κ1) is 23.2. The fraction of sp³-hybridized carbons (Fsp3) is 0.0769. The van der Waals surface area contributed by atoms with Crippen LogP contribution in [0.1, 0.15) is 31.8 Å². The minimum Gasteiger partial charge on any atom is -0.465 e. The topological polar surface area (TPSA) is 115 Å². The summed E-state index contributed by atoms with van der Waals surface area (Å²) in [4.78, 5) is 37.1. The largest absolute Gasteiger partial charge is 0.465 e. The standard InChI is InChI=1S/C26H21N3O6/c1-33-26(32)20-10-7-17(8-11-20)15-27-29-25(31)21(28-24(30)19-5-3-2-4-6-19)13-18-9-12-22-23(14-18)35-16-34-22/h2-15H,16H2,1H3,(H,28,30)(H,29,31)/b21-13+,27-15+. The predicted molar refractivity (Wildman–Crippen MR) is 128 cm³/mol. The third kappa shape index (κ3) is 5.91. The van der Waals surface area contributed by atoms with Crippen molar-refractivity contribution in [1.82, 2.24) is 10.7 Å². The van der Waals surface area contributed by atoms with E-state index in [1.165, 1.54) is 19.4 Å². The lowest BCUT2D eigenvalue weighted by atomic mass is 10.1. The second kappa shape index (κ2) is 10.8. The molecule has 2 N–H and O–H groups in total. The number of rotatable bonds is 7. The number of nitrogens with one attached hydrogen (secondary N) is 2. The fourth-order valence-electron chi connectivity index (χ4n) is 3.16. The molecule has 9 nitrogen and oxygen atoms in total. The molecule has 1 heterocycles. The molecule has 9 heteroatoms. The minimum absolute atomic E-state index is 0.0177. The number of fused-ring (bicyclic) bond motifs is 1. The van der Waals surface area contributed by atoms with Crippen molar-refractivity contribution in [3.63, 3.8) is 0 Å². The van der Waals surface area contributed by atoms with Gasteiger partial charge in [-0.1, -0.05) is 36.4 Å². The Labute approximate surface area is 201 Å². The van der Waals surface area contributed by atoms with Gasteiger partial charge < -0.3 is 19.5 Å². The van der Waals surface area contributed by atoms with Gasteiger partial charge in [0, 0.05) is 5.56 Å². The number of amides is 2. The SMILES string of the molecule is COC(=O)c1ccc(/C=N/NC(=O)/C(=C\c2ccc3c(c2)OCO3)NC(=O)c2ccccc2)cc1. The lowest BCUT2D eigenvalue weighted by Crippen LogP contribution is -2.32. The van der Waals surface area contributed by atoms with E-state index in [9.17, 15) is 14.4 Å². The molecule has 0 unspecified atom stereocenters. The zero-order valence-corrected chi connectivity index (χ0v) is 18.7. The van der Waals surface area contributed by atoms with Gasteiger partial charge in [-0.2, -0.15) is 5.10 Å². The Bertz CT molecular complexity index is 1300. The molecule has 0 saturated heterocycles. The summed E-state index contributed by atoms with van der Waals surface area (Å²) >= 11 is 0. The van der Waals surface area contributed by atoms with Crippen LogP contribution in [0.25, 0.3) is 6.08 Å². The zero-order chi connectivity index (χ0) is 24.6. The maximum Gasteiger partial charge on any atom is 0.337 e. The highest BCUT2D eigenvalue weighted by Crippen LogP contribution is 2.33. The van der Waals surface area contributed by atoms with Gasteiger partial charge >= 0.3 is 5.97 Å².